The van der Waals surface area contributed by atoms with E-state index in [0.717, 1.165) is 11.2 Å². The minimum Gasteiger partial charge on any atom is -0.466 e. The third-order valence-electron chi connectivity index (χ3n) is 4.47. The Bertz CT molecular complexity index is 859. The van der Waals surface area contributed by atoms with Crippen LogP contribution in [0.15, 0.2) is 18.3 Å². The topological polar surface area (TPSA) is 93.0 Å². The number of rotatable bonds is 9. The molecule has 0 radical (unpaired) electrons. The zero-order valence-electron chi connectivity index (χ0n) is 16.9. The molecule has 0 aromatic carbocycles. The Labute approximate surface area is 164 Å². The lowest BCUT2D eigenvalue weighted by Crippen LogP contribution is -2.31. The van der Waals surface area contributed by atoms with Crippen LogP contribution in [0.3, 0.4) is 0 Å². The van der Waals surface area contributed by atoms with Gasteiger partial charge in [-0.2, -0.15) is 0 Å². The van der Waals surface area contributed by atoms with E-state index in [9.17, 15) is 14.4 Å². The van der Waals surface area contributed by atoms with Crippen LogP contribution in [0.2, 0.25) is 0 Å². The number of aromatic nitrogens is 2. The van der Waals surface area contributed by atoms with E-state index in [2.05, 4.69) is 10.3 Å². The van der Waals surface area contributed by atoms with E-state index < -0.39 is 0 Å². The molecule has 0 unspecified atom stereocenters. The maximum Gasteiger partial charge on any atom is 0.307 e. The minimum atomic E-state index is -0.312. The molecule has 2 heterocycles. The summed E-state index contributed by atoms with van der Waals surface area (Å²) in [6.45, 7) is 6.55. The number of aryl methyl sites for hydroxylation is 2. The Morgan fingerprint density at radius 1 is 1.25 bits per heavy atom. The molecule has 0 saturated carbocycles. The van der Waals surface area contributed by atoms with Crippen molar-refractivity contribution in [2.24, 2.45) is 0 Å². The third kappa shape index (κ3) is 5.31. The van der Waals surface area contributed by atoms with Gasteiger partial charge in [-0.05, 0) is 38.8 Å². The number of carbonyl (C=O) groups excluding carboxylic acids is 3. The number of pyridine rings is 1. The zero-order valence-corrected chi connectivity index (χ0v) is 16.9. The molecule has 8 heteroatoms. The number of amides is 2. The fraction of sp³-hybridized carbons (Fsp3) is 0.500. The van der Waals surface area contributed by atoms with Crippen molar-refractivity contribution in [2.75, 3.05) is 26.7 Å². The van der Waals surface area contributed by atoms with Crippen molar-refractivity contribution in [1.82, 2.24) is 19.6 Å². The van der Waals surface area contributed by atoms with Crippen LogP contribution in [0.4, 0.5) is 0 Å². The Kier molecular flexibility index (Phi) is 7.54. The van der Waals surface area contributed by atoms with E-state index in [1.165, 1.54) is 4.90 Å². The summed E-state index contributed by atoms with van der Waals surface area (Å²) >= 11 is 0. The molecule has 2 rings (SSSR count). The molecule has 28 heavy (non-hydrogen) atoms. The lowest BCUT2D eigenvalue weighted by molar-refractivity contribution is -0.143. The van der Waals surface area contributed by atoms with E-state index in [-0.39, 0.29) is 24.2 Å². The van der Waals surface area contributed by atoms with Gasteiger partial charge in [-0.15, -0.1) is 0 Å². The van der Waals surface area contributed by atoms with Crippen LogP contribution in [0.5, 0.6) is 0 Å². The highest BCUT2D eigenvalue weighted by Crippen LogP contribution is 2.15. The largest absolute Gasteiger partial charge is 0.466 e. The second-order valence-electron chi connectivity index (χ2n) is 6.66. The van der Waals surface area contributed by atoms with E-state index >= 15 is 0 Å². The van der Waals surface area contributed by atoms with Gasteiger partial charge in [-0.25, -0.2) is 4.98 Å². The van der Waals surface area contributed by atoms with Crippen LogP contribution >= 0.6 is 0 Å². The average molecular weight is 388 g/mol. The fourth-order valence-electron chi connectivity index (χ4n) is 2.92. The molecule has 2 aromatic rings. The molecule has 8 nitrogen and oxygen atoms in total. The van der Waals surface area contributed by atoms with E-state index in [0.29, 0.717) is 43.9 Å². The highest BCUT2D eigenvalue weighted by atomic mass is 16.5. The van der Waals surface area contributed by atoms with E-state index in [1.807, 2.05) is 32.2 Å². The molecule has 152 valence electrons. The van der Waals surface area contributed by atoms with Crippen LogP contribution in [0, 0.1) is 13.8 Å². The number of ether oxygens (including phenoxy) is 1. The molecule has 0 saturated heterocycles. The van der Waals surface area contributed by atoms with Crippen molar-refractivity contribution in [2.45, 2.75) is 40.0 Å². The summed E-state index contributed by atoms with van der Waals surface area (Å²) in [5.74, 6) is -0.591. The molecular formula is C20H28N4O4. The Balaban J connectivity index is 1.80. The van der Waals surface area contributed by atoms with Gasteiger partial charge >= 0.3 is 5.97 Å². The monoisotopic (exact) mass is 388 g/mol. The SMILES string of the molecule is CCOC(=O)CCN(C)C(=O)CCCNC(=O)c1c(C)nc2c(C)cccn12. The first kappa shape index (κ1) is 21.4. The first-order valence-corrected chi connectivity index (χ1v) is 9.47. The molecule has 0 aliphatic carbocycles. The molecule has 2 amide bonds. The molecule has 0 bridgehead atoms. The second kappa shape index (κ2) is 9.87. The van der Waals surface area contributed by atoms with Gasteiger partial charge < -0.3 is 15.0 Å². The Morgan fingerprint density at radius 3 is 2.71 bits per heavy atom. The van der Waals surface area contributed by atoms with Crippen molar-refractivity contribution in [3.63, 3.8) is 0 Å². The predicted molar refractivity (Wildman–Crippen MR) is 105 cm³/mol. The van der Waals surface area contributed by atoms with Crippen molar-refractivity contribution in [1.29, 1.82) is 0 Å². The number of esters is 1. The minimum absolute atomic E-state index is 0.0693. The van der Waals surface area contributed by atoms with Crippen LogP contribution in [-0.4, -0.2) is 58.8 Å². The fourth-order valence-corrected chi connectivity index (χ4v) is 2.92. The summed E-state index contributed by atoms with van der Waals surface area (Å²) in [5.41, 5.74) is 2.95. The molecule has 0 fully saturated rings. The van der Waals surface area contributed by atoms with E-state index in [4.69, 9.17) is 4.74 Å². The van der Waals surface area contributed by atoms with Gasteiger partial charge in [0.2, 0.25) is 5.91 Å². The Morgan fingerprint density at radius 2 is 2.00 bits per heavy atom. The summed E-state index contributed by atoms with van der Waals surface area (Å²) in [5, 5.41) is 2.85. The van der Waals surface area contributed by atoms with Gasteiger partial charge in [0.15, 0.2) is 0 Å². The lowest BCUT2D eigenvalue weighted by atomic mass is 10.2. The standard InChI is InChI=1S/C20H28N4O4/c1-5-28-17(26)10-13-23(4)16(25)9-6-11-21-20(27)18-15(3)22-19-14(2)8-7-12-24(18)19/h7-8,12H,5-6,9-11,13H2,1-4H3,(H,21,27). The van der Waals surface area contributed by atoms with Gasteiger partial charge in [0.1, 0.15) is 11.3 Å². The molecule has 1 N–H and O–H groups in total. The number of nitrogens with one attached hydrogen (secondary N) is 1. The average Bonchev–Trinajstić information content (AvgIpc) is 3.00. The molecule has 0 spiro atoms. The van der Waals surface area contributed by atoms with Crippen molar-refractivity contribution < 1.29 is 19.1 Å². The summed E-state index contributed by atoms with van der Waals surface area (Å²) in [4.78, 5) is 42.0. The second-order valence-corrected chi connectivity index (χ2v) is 6.66. The van der Waals surface area contributed by atoms with Gasteiger partial charge in [0.05, 0.1) is 18.7 Å². The van der Waals surface area contributed by atoms with Crippen molar-refractivity contribution in [3.05, 3.63) is 35.3 Å². The summed E-state index contributed by atoms with van der Waals surface area (Å²) in [6.07, 6.45) is 2.81. The third-order valence-corrected chi connectivity index (χ3v) is 4.47. The summed E-state index contributed by atoms with van der Waals surface area (Å²) < 4.78 is 6.63. The Hall–Kier alpha value is -2.90. The quantitative estimate of drug-likeness (QED) is 0.523. The smallest absolute Gasteiger partial charge is 0.307 e. The maximum absolute atomic E-state index is 12.6. The lowest BCUT2D eigenvalue weighted by Gasteiger charge is -2.16. The maximum atomic E-state index is 12.6. The number of hydrogen-bond acceptors (Lipinski definition) is 5. The van der Waals surface area contributed by atoms with Crippen LogP contribution in [0.1, 0.15) is 47.9 Å². The summed E-state index contributed by atoms with van der Waals surface area (Å²) in [6, 6.07) is 3.83. The van der Waals surface area contributed by atoms with Gasteiger partial charge in [-0.1, -0.05) is 6.07 Å². The molecule has 0 aliphatic heterocycles. The van der Waals surface area contributed by atoms with Crippen LogP contribution in [-0.2, 0) is 14.3 Å². The first-order chi connectivity index (χ1) is 13.3. The number of nitrogens with zero attached hydrogens (tertiary/aromatic N) is 3. The number of carbonyl (C=O) groups is 3. The number of hydrogen-bond donors (Lipinski definition) is 1. The molecule has 0 aliphatic rings. The van der Waals surface area contributed by atoms with Gasteiger partial charge in [-0.3, -0.25) is 18.8 Å². The van der Waals surface area contributed by atoms with Crippen LogP contribution < -0.4 is 5.32 Å². The zero-order chi connectivity index (χ0) is 20.7. The molecule has 0 atom stereocenters. The normalized spacial score (nSPS) is 10.7. The summed E-state index contributed by atoms with van der Waals surface area (Å²) in [7, 11) is 1.66. The molecular weight excluding hydrogens is 360 g/mol. The van der Waals surface area contributed by atoms with E-state index in [1.54, 1.807) is 18.4 Å². The van der Waals surface area contributed by atoms with Gasteiger partial charge in [0, 0.05) is 32.8 Å². The predicted octanol–water partition coefficient (Wildman–Crippen LogP) is 1.87. The van der Waals surface area contributed by atoms with Crippen molar-refractivity contribution >= 4 is 23.4 Å². The number of fused-ring (bicyclic) bond motifs is 1. The number of imidazole rings is 1. The highest BCUT2D eigenvalue weighted by Gasteiger charge is 2.17. The van der Waals surface area contributed by atoms with Crippen molar-refractivity contribution in [3.8, 4) is 0 Å². The highest BCUT2D eigenvalue weighted by molar-refractivity contribution is 5.94. The first-order valence-electron chi connectivity index (χ1n) is 9.47. The van der Waals surface area contributed by atoms with Crippen LogP contribution in [0.25, 0.3) is 5.65 Å². The van der Waals surface area contributed by atoms with Gasteiger partial charge in [0.25, 0.3) is 5.91 Å². The molecule has 2 aromatic heterocycles.